The Hall–Kier alpha value is -1.81. The molecule has 0 saturated heterocycles. The van der Waals surface area contributed by atoms with Gasteiger partial charge in [0.05, 0.1) is 6.61 Å². The molecule has 0 bridgehead atoms. The standard InChI is InChI=1S/C16H22N2O2/c1-11(2)12(3)17-16(20)9-18-7-6-14-5-4-13(10-19)8-15(14)18/h4-8,11-12,19H,9-10H2,1-3H3,(H,17,20). The van der Waals surface area contributed by atoms with E-state index in [0.29, 0.717) is 12.5 Å². The van der Waals surface area contributed by atoms with Crippen molar-refractivity contribution in [3.8, 4) is 0 Å². The maximum Gasteiger partial charge on any atom is 0.240 e. The van der Waals surface area contributed by atoms with E-state index in [1.807, 2.05) is 42.0 Å². The number of benzene rings is 1. The molecule has 20 heavy (non-hydrogen) atoms. The fraction of sp³-hybridized carbons (Fsp3) is 0.438. The zero-order valence-electron chi connectivity index (χ0n) is 12.3. The van der Waals surface area contributed by atoms with Crippen molar-refractivity contribution in [3.63, 3.8) is 0 Å². The molecule has 1 atom stereocenters. The predicted molar refractivity (Wildman–Crippen MR) is 80.3 cm³/mol. The Kier molecular flexibility index (Phi) is 4.45. The van der Waals surface area contributed by atoms with E-state index < -0.39 is 0 Å². The Balaban J connectivity index is 2.15. The first-order valence-electron chi connectivity index (χ1n) is 6.99. The number of carbonyl (C=O) groups excluding carboxylic acids is 1. The summed E-state index contributed by atoms with van der Waals surface area (Å²) in [7, 11) is 0. The third-order valence-corrected chi connectivity index (χ3v) is 3.72. The maximum atomic E-state index is 12.0. The molecule has 0 saturated carbocycles. The number of rotatable bonds is 5. The molecule has 2 rings (SSSR count). The van der Waals surface area contributed by atoms with Crippen LogP contribution in [0.4, 0.5) is 0 Å². The van der Waals surface area contributed by atoms with Gasteiger partial charge in [-0.2, -0.15) is 0 Å². The minimum atomic E-state index is 0.0116. The van der Waals surface area contributed by atoms with Crippen molar-refractivity contribution in [2.24, 2.45) is 5.92 Å². The van der Waals surface area contributed by atoms with Crippen molar-refractivity contribution in [1.82, 2.24) is 9.88 Å². The number of nitrogens with one attached hydrogen (secondary N) is 1. The molecule has 4 heteroatoms. The Labute approximate surface area is 119 Å². The van der Waals surface area contributed by atoms with E-state index in [0.717, 1.165) is 16.5 Å². The molecule has 1 amide bonds. The lowest BCUT2D eigenvalue weighted by molar-refractivity contribution is -0.122. The number of nitrogens with zero attached hydrogens (tertiary/aromatic N) is 1. The van der Waals surface area contributed by atoms with Crippen molar-refractivity contribution >= 4 is 16.8 Å². The zero-order chi connectivity index (χ0) is 14.7. The van der Waals surface area contributed by atoms with Gasteiger partial charge in [0.1, 0.15) is 6.54 Å². The molecule has 2 N–H and O–H groups in total. The number of aliphatic hydroxyl groups excluding tert-OH is 1. The molecule has 1 aromatic carbocycles. The Bertz CT molecular complexity index is 602. The summed E-state index contributed by atoms with van der Waals surface area (Å²) in [5.74, 6) is 0.430. The summed E-state index contributed by atoms with van der Waals surface area (Å²) in [6.07, 6.45) is 1.91. The van der Waals surface area contributed by atoms with Crippen LogP contribution in [0.3, 0.4) is 0 Å². The van der Waals surface area contributed by atoms with Crippen molar-refractivity contribution in [2.75, 3.05) is 0 Å². The molecular formula is C16H22N2O2. The van der Waals surface area contributed by atoms with Crippen LogP contribution in [0.2, 0.25) is 0 Å². The number of carbonyl (C=O) groups is 1. The second kappa shape index (κ2) is 6.09. The van der Waals surface area contributed by atoms with Gasteiger partial charge >= 0.3 is 0 Å². The van der Waals surface area contributed by atoms with E-state index in [-0.39, 0.29) is 18.6 Å². The first-order valence-corrected chi connectivity index (χ1v) is 6.99. The molecule has 0 fully saturated rings. The Morgan fingerprint density at radius 2 is 2.05 bits per heavy atom. The predicted octanol–water partition coefficient (Wildman–Crippen LogP) is 2.29. The van der Waals surface area contributed by atoms with Crippen LogP contribution in [-0.4, -0.2) is 21.6 Å². The van der Waals surface area contributed by atoms with E-state index in [2.05, 4.69) is 19.2 Å². The van der Waals surface area contributed by atoms with Crippen LogP contribution in [-0.2, 0) is 17.9 Å². The van der Waals surface area contributed by atoms with Gasteiger partial charge in [0.25, 0.3) is 0 Å². The van der Waals surface area contributed by atoms with Crippen molar-refractivity contribution in [2.45, 2.75) is 40.0 Å². The first kappa shape index (κ1) is 14.6. The smallest absolute Gasteiger partial charge is 0.240 e. The van der Waals surface area contributed by atoms with Gasteiger partial charge in [-0.15, -0.1) is 0 Å². The molecule has 108 valence electrons. The Morgan fingerprint density at radius 1 is 1.30 bits per heavy atom. The SMILES string of the molecule is CC(C)C(C)NC(=O)Cn1ccc2ccc(CO)cc21. The van der Waals surface area contributed by atoms with Crippen LogP contribution in [0.5, 0.6) is 0 Å². The highest BCUT2D eigenvalue weighted by Gasteiger charge is 2.12. The molecule has 0 aliphatic carbocycles. The average molecular weight is 274 g/mol. The fourth-order valence-corrected chi connectivity index (χ4v) is 2.09. The van der Waals surface area contributed by atoms with Gasteiger partial charge in [-0.3, -0.25) is 4.79 Å². The van der Waals surface area contributed by atoms with E-state index in [4.69, 9.17) is 0 Å². The number of hydrogen-bond donors (Lipinski definition) is 2. The molecule has 1 aromatic heterocycles. The number of hydrogen-bond acceptors (Lipinski definition) is 2. The summed E-state index contributed by atoms with van der Waals surface area (Å²) in [6.45, 7) is 6.50. The van der Waals surface area contributed by atoms with Gasteiger partial charge in [0.15, 0.2) is 0 Å². The maximum absolute atomic E-state index is 12.0. The normalized spacial score (nSPS) is 12.8. The lowest BCUT2D eigenvalue weighted by atomic mass is 10.1. The average Bonchev–Trinajstić information content (AvgIpc) is 2.80. The topological polar surface area (TPSA) is 54.3 Å². The first-order chi connectivity index (χ1) is 9.51. The van der Waals surface area contributed by atoms with E-state index in [1.54, 1.807) is 0 Å². The monoisotopic (exact) mass is 274 g/mol. The third kappa shape index (κ3) is 3.20. The van der Waals surface area contributed by atoms with Gasteiger partial charge in [0, 0.05) is 17.8 Å². The highest BCUT2D eigenvalue weighted by atomic mass is 16.3. The van der Waals surface area contributed by atoms with Crippen LogP contribution in [0.1, 0.15) is 26.3 Å². The second-order valence-corrected chi connectivity index (χ2v) is 5.60. The summed E-state index contributed by atoms with van der Waals surface area (Å²) < 4.78 is 1.91. The number of fused-ring (bicyclic) bond motifs is 1. The van der Waals surface area contributed by atoms with E-state index >= 15 is 0 Å². The van der Waals surface area contributed by atoms with E-state index in [9.17, 15) is 9.90 Å². The van der Waals surface area contributed by atoms with Gasteiger partial charge in [-0.1, -0.05) is 26.0 Å². The molecule has 0 aliphatic rings. The number of aromatic nitrogens is 1. The highest BCUT2D eigenvalue weighted by molar-refractivity contribution is 5.83. The summed E-state index contributed by atoms with van der Waals surface area (Å²) >= 11 is 0. The molecule has 1 unspecified atom stereocenters. The molecule has 0 radical (unpaired) electrons. The molecule has 0 spiro atoms. The molecule has 2 aromatic rings. The van der Waals surface area contributed by atoms with Crippen LogP contribution < -0.4 is 5.32 Å². The molecule has 1 heterocycles. The van der Waals surface area contributed by atoms with Crippen LogP contribution >= 0.6 is 0 Å². The lowest BCUT2D eigenvalue weighted by Gasteiger charge is -2.17. The molecular weight excluding hydrogens is 252 g/mol. The van der Waals surface area contributed by atoms with Crippen molar-refractivity contribution < 1.29 is 9.90 Å². The summed E-state index contributed by atoms with van der Waals surface area (Å²) in [6, 6.07) is 7.93. The zero-order valence-corrected chi connectivity index (χ0v) is 12.3. The van der Waals surface area contributed by atoms with Gasteiger partial charge in [-0.25, -0.2) is 0 Å². The van der Waals surface area contributed by atoms with Crippen LogP contribution in [0.15, 0.2) is 30.5 Å². The summed E-state index contributed by atoms with van der Waals surface area (Å²) in [4.78, 5) is 12.0. The van der Waals surface area contributed by atoms with Crippen LogP contribution in [0, 0.1) is 5.92 Å². The van der Waals surface area contributed by atoms with Crippen molar-refractivity contribution in [1.29, 1.82) is 0 Å². The largest absolute Gasteiger partial charge is 0.392 e. The summed E-state index contributed by atoms with van der Waals surface area (Å²) in [5.41, 5.74) is 1.83. The highest BCUT2D eigenvalue weighted by Crippen LogP contribution is 2.17. The molecule has 0 aliphatic heterocycles. The molecule has 4 nitrogen and oxygen atoms in total. The third-order valence-electron chi connectivity index (χ3n) is 3.72. The number of aliphatic hydroxyl groups is 1. The Morgan fingerprint density at radius 3 is 2.70 bits per heavy atom. The quantitative estimate of drug-likeness (QED) is 0.879. The second-order valence-electron chi connectivity index (χ2n) is 5.60. The summed E-state index contributed by atoms with van der Waals surface area (Å²) in [5, 5.41) is 13.3. The van der Waals surface area contributed by atoms with Crippen LogP contribution in [0.25, 0.3) is 10.9 Å². The lowest BCUT2D eigenvalue weighted by Crippen LogP contribution is -2.38. The minimum absolute atomic E-state index is 0.0116. The van der Waals surface area contributed by atoms with Gasteiger partial charge in [-0.05, 0) is 35.9 Å². The van der Waals surface area contributed by atoms with E-state index in [1.165, 1.54) is 0 Å². The minimum Gasteiger partial charge on any atom is -0.392 e. The fourth-order valence-electron chi connectivity index (χ4n) is 2.09. The van der Waals surface area contributed by atoms with Crippen molar-refractivity contribution in [3.05, 3.63) is 36.0 Å². The van der Waals surface area contributed by atoms with Gasteiger partial charge < -0.3 is 15.0 Å². The van der Waals surface area contributed by atoms with Gasteiger partial charge in [0.2, 0.25) is 5.91 Å². The number of amides is 1.